The normalized spacial score (nSPS) is 10.6. The number of hydrogen-bond acceptors (Lipinski definition) is 3. The van der Waals surface area contributed by atoms with Crippen LogP contribution in [0.15, 0.2) is 60.7 Å². The first kappa shape index (κ1) is 14.3. The molecule has 3 nitrogen and oxygen atoms in total. The molecular weight excluding hydrogens is 270 g/mol. The van der Waals surface area contributed by atoms with Crippen LogP contribution in [0.1, 0.15) is 16.8 Å². The van der Waals surface area contributed by atoms with Crippen molar-refractivity contribution >= 4 is 5.95 Å². The second kappa shape index (κ2) is 6.39. The lowest BCUT2D eigenvalue weighted by molar-refractivity contribution is 0.918. The van der Waals surface area contributed by atoms with Crippen molar-refractivity contribution < 1.29 is 0 Å². The molecular formula is C19H19N3. The molecule has 0 amide bonds. The lowest BCUT2D eigenvalue weighted by Gasteiger charge is -2.12. The van der Waals surface area contributed by atoms with E-state index in [-0.39, 0.29) is 0 Å². The van der Waals surface area contributed by atoms with E-state index in [2.05, 4.69) is 46.4 Å². The van der Waals surface area contributed by atoms with Crippen LogP contribution in [-0.4, -0.2) is 9.97 Å². The van der Waals surface area contributed by atoms with Gasteiger partial charge in [-0.05, 0) is 25.3 Å². The van der Waals surface area contributed by atoms with Gasteiger partial charge in [0.15, 0.2) is 0 Å². The minimum atomic E-state index is 0.333. The van der Waals surface area contributed by atoms with E-state index in [1.165, 1.54) is 11.1 Å². The Morgan fingerprint density at radius 3 is 2.14 bits per heavy atom. The van der Waals surface area contributed by atoms with E-state index in [0.29, 0.717) is 5.95 Å². The third-order valence-corrected chi connectivity index (χ3v) is 3.78. The largest absolute Gasteiger partial charge is 0.368 e. The Kier molecular flexibility index (Phi) is 4.15. The standard InChI is InChI=1S/C19H19N3/c1-14-17(13-12-15-8-4-2-5-9-15)18(22-19(20)21-14)16-10-6-3-7-11-16/h2-11H,12-13H2,1H3,(H2,20,21,22). The molecule has 0 unspecified atom stereocenters. The molecule has 0 atom stereocenters. The molecule has 0 saturated carbocycles. The predicted octanol–water partition coefficient (Wildman–Crippen LogP) is 3.82. The van der Waals surface area contributed by atoms with Crippen molar-refractivity contribution in [1.29, 1.82) is 0 Å². The first-order valence-electron chi connectivity index (χ1n) is 7.46. The van der Waals surface area contributed by atoms with E-state index in [4.69, 9.17) is 5.73 Å². The molecule has 0 aliphatic carbocycles. The average Bonchev–Trinajstić information content (AvgIpc) is 2.55. The molecule has 0 saturated heterocycles. The quantitative estimate of drug-likeness (QED) is 0.794. The van der Waals surface area contributed by atoms with E-state index in [0.717, 1.165) is 29.8 Å². The van der Waals surface area contributed by atoms with Gasteiger partial charge in [0.05, 0.1) is 5.69 Å². The number of anilines is 1. The molecule has 22 heavy (non-hydrogen) atoms. The van der Waals surface area contributed by atoms with Gasteiger partial charge >= 0.3 is 0 Å². The van der Waals surface area contributed by atoms with E-state index >= 15 is 0 Å². The Balaban J connectivity index is 1.96. The van der Waals surface area contributed by atoms with Gasteiger partial charge in [-0.25, -0.2) is 9.97 Å². The molecule has 0 fully saturated rings. The van der Waals surface area contributed by atoms with Crippen molar-refractivity contribution in [2.45, 2.75) is 19.8 Å². The molecule has 0 radical (unpaired) electrons. The molecule has 1 aromatic heterocycles. The van der Waals surface area contributed by atoms with Crippen LogP contribution in [0.4, 0.5) is 5.95 Å². The highest BCUT2D eigenvalue weighted by atomic mass is 15.0. The number of hydrogen-bond donors (Lipinski definition) is 1. The van der Waals surface area contributed by atoms with Crippen LogP contribution in [0.25, 0.3) is 11.3 Å². The van der Waals surface area contributed by atoms with Gasteiger partial charge in [-0.15, -0.1) is 0 Å². The maximum absolute atomic E-state index is 5.85. The zero-order valence-electron chi connectivity index (χ0n) is 12.7. The monoisotopic (exact) mass is 289 g/mol. The van der Waals surface area contributed by atoms with Crippen molar-refractivity contribution in [3.05, 3.63) is 77.5 Å². The van der Waals surface area contributed by atoms with Crippen LogP contribution >= 0.6 is 0 Å². The van der Waals surface area contributed by atoms with Crippen LogP contribution in [0.2, 0.25) is 0 Å². The first-order chi connectivity index (χ1) is 10.7. The zero-order valence-corrected chi connectivity index (χ0v) is 12.7. The predicted molar refractivity (Wildman–Crippen MR) is 90.5 cm³/mol. The highest BCUT2D eigenvalue weighted by Crippen LogP contribution is 2.25. The smallest absolute Gasteiger partial charge is 0.220 e. The lowest BCUT2D eigenvalue weighted by Crippen LogP contribution is -2.06. The highest BCUT2D eigenvalue weighted by molar-refractivity contribution is 5.65. The lowest BCUT2D eigenvalue weighted by atomic mass is 9.98. The maximum atomic E-state index is 5.85. The molecule has 0 aliphatic rings. The fraction of sp³-hybridized carbons (Fsp3) is 0.158. The third-order valence-electron chi connectivity index (χ3n) is 3.78. The van der Waals surface area contributed by atoms with Gasteiger partial charge in [0.1, 0.15) is 0 Å². The topological polar surface area (TPSA) is 51.8 Å². The first-order valence-corrected chi connectivity index (χ1v) is 7.46. The number of benzene rings is 2. The zero-order chi connectivity index (χ0) is 15.4. The molecule has 1 heterocycles. The summed E-state index contributed by atoms with van der Waals surface area (Å²) in [5, 5.41) is 0. The third kappa shape index (κ3) is 3.14. The van der Waals surface area contributed by atoms with Crippen LogP contribution in [-0.2, 0) is 12.8 Å². The van der Waals surface area contributed by atoms with Gasteiger partial charge in [-0.1, -0.05) is 60.7 Å². The van der Waals surface area contributed by atoms with Crippen LogP contribution in [0, 0.1) is 6.92 Å². The second-order valence-corrected chi connectivity index (χ2v) is 5.35. The van der Waals surface area contributed by atoms with E-state index in [1.54, 1.807) is 0 Å². The van der Waals surface area contributed by atoms with Crippen LogP contribution in [0.5, 0.6) is 0 Å². The van der Waals surface area contributed by atoms with Crippen molar-refractivity contribution in [2.75, 3.05) is 5.73 Å². The minimum Gasteiger partial charge on any atom is -0.368 e. The summed E-state index contributed by atoms with van der Waals surface area (Å²) < 4.78 is 0. The van der Waals surface area contributed by atoms with Gasteiger partial charge in [0, 0.05) is 16.8 Å². The van der Waals surface area contributed by atoms with Crippen LogP contribution in [0.3, 0.4) is 0 Å². The van der Waals surface area contributed by atoms with E-state index < -0.39 is 0 Å². The Labute approximate surface area is 130 Å². The highest BCUT2D eigenvalue weighted by Gasteiger charge is 2.12. The number of rotatable bonds is 4. The number of nitrogen functional groups attached to an aromatic ring is 1. The summed E-state index contributed by atoms with van der Waals surface area (Å²) in [6.45, 7) is 2.00. The number of aryl methyl sites for hydroxylation is 2. The Morgan fingerprint density at radius 2 is 1.45 bits per heavy atom. The molecule has 0 bridgehead atoms. The summed E-state index contributed by atoms with van der Waals surface area (Å²) in [5.41, 5.74) is 11.3. The van der Waals surface area contributed by atoms with Gasteiger partial charge in [0.25, 0.3) is 0 Å². The molecule has 3 rings (SSSR count). The SMILES string of the molecule is Cc1nc(N)nc(-c2ccccc2)c1CCc1ccccc1. The summed E-state index contributed by atoms with van der Waals surface area (Å²) in [6, 6.07) is 20.6. The summed E-state index contributed by atoms with van der Waals surface area (Å²) in [6.07, 6.45) is 1.87. The number of aromatic nitrogens is 2. The van der Waals surface area contributed by atoms with Gasteiger partial charge in [0.2, 0.25) is 5.95 Å². The second-order valence-electron chi connectivity index (χ2n) is 5.35. The van der Waals surface area contributed by atoms with Crippen molar-refractivity contribution in [2.24, 2.45) is 0 Å². The molecule has 3 aromatic rings. The van der Waals surface area contributed by atoms with Gasteiger partial charge < -0.3 is 5.73 Å². The van der Waals surface area contributed by atoms with Gasteiger partial charge in [-0.2, -0.15) is 0 Å². The number of nitrogens with two attached hydrogens (primary N) is 1. The van der Waals surface area contributed by atoms with Crippen molar-refractivity contribution in [3.8, 4) is 11.3 Å². The van der Waals surface area contributed by atoms with Crippen molar-refractivity contribution in [3.63, 3.8) is 0 Å². The molecule has 2 N–H and O–H groups in total. The van der Waals surface area contributed by atoms with Crippen LogP contribution < -0.4 is 5.73 Å². The van der Waals surface area contributed by atoms with Gasteiger partial charge in [-0.3, -0.25) is 0 Å². The fourth-order valence-corrected chi connectivity index (χ4v) is 2.67. The average molecular weight is 289 g/mol. The fourth-order valence-electron chi connectivity index (χ4n) is 2.67. The Hall–Kier alpha value is -2.68. The molecule has 0 aliphatic heterocycles. The Morgan fingerprint density at radius 1 is 0.818 bits per heavy atom. The van der Waals surface area contributed by atoms with Crippen molar-refractivity contribution in [1.82, 2.24) is 9.97 Å². The number of nitrogens with zero attached hydrogens (tertiary/aromatic N) is 2. The summed E-state index contributed by atoms with van der Waals surface area (Å²) in [4.78, 5) is 8.82. The molecule has 0 spiro atoms. The molecule has 110 valence electrons. The van der Waals surface area contributed by atoms with E-state index in [9.17, 15) is 0 Å². The van der Waals surface area contributed by atoms with E-state index in [1.807, 2.05) is 31.2 Å². The molecule has 2 aromatic carbocycles. The summed E-state index contributed by atoms with van der Waals surface area (Å²) in [5.74, 6) is 0.333. The summed E-state index contributed by atoms with van der Waals surface area (Å²) >= 11 is 0. The maximum Gasteiger partial charge on any atom is 0.220 e. The Bertz CT molecular complexity index is 752. The minimum absolute atomic E-state index is 0.333. The summed E-state index contributed by atoms with van der Waals surface area (Å²) in [7, 11) is 0. The molecule has 3 heteroatoms.